The maximum atomic E-state index is 12.9. The normalized spacial score (nSPS) is 24.0. The van der Waals surface area contributed by atoms with Gasteiger partial charge in [-0.15, -0.1) is 10.2 Å². The van der Waals surface area contributed by atoms with Crippen LogP contribution in [0.2, 0.25) is 0 Å². The molecule has 224 valence electrons. The Morgan fingerprint density at radius 1 is 1.02 bits per heavy atom. The van der Waals surface area contributed by atoms with E-state index in [-0.39, 0.29) is 30.4 Å². The van der Waals surface area contributed by atoms with Crippen LogP contribution in [0.25, 0.3) is 22.5 Å². The van der Waals surface area contributed by atoms with Crippen molar-refractivity contribution in [2.75, 3.05) is 25.7 Å². The highest BCUT2D eigenvalue weighted by Gasteiger charge is 2.46. The molecular weight excluding hydrogens is 534 g/mol. The van der Waals surface area contributed by atoms with Crippen molar-refractivity contribution in [1.82, 2.24) is 29.9 Å². The molecule has 3 fully saturated rings. The average Bonchev–Trinajstić information content (AvgIpc) is 3.58. The lowest BCUT2D eigenvalue weighted by molar-refractivity contribution is -0.0394. The Hall–Kier alpha value is -3.73. The predicted octanol–water partition coefficient (Wildman–Crippen LogP) is 5.48. The minimum absolute atomic E-state index is 0.0228. The third-order valence-corrected chi connectivity index (χ3v) is 8.55. The van der Waals surface area contributed by atoms with Gasteiger partial charge in [0, 0.05) is 49.1 Å². The fraction of sp³-hybridized carbons (Fsp3) is 0.581. The third kappa shape index (κ3) is 5.79. The van der Waals surface area contributed by atoms with Crippen molar-refractivity contribution >= 4 is 11.9 Å². The van der Waals surface area contributed by atoms with Gasteiger partial charge in [-0.05, 0) is 90.0 Å². The zero-order valence-corrected chi connectivity index (χ0v) is 25.2. The molecule has 0 radical (unpaired) electrons. The van der Waals surface area contributed by atoms with Crippen LogP contribution in [0.4, 0.5) is 10.6 Å². The fourth-order valence-electron chi connectivity index (χ4n) is 6.44. The molecule has 1 unspecified atom stereocenters. The molecule has 4 atom stereocenters. The molecule has 6 rings (SSSR count). The van der Waals surface area contributed by atoms with Crippen LogP contribution < -0.4 is 9.64 Å². The van der Waals surface area contributed by atoms with E-state index >= 15 is 0 Å². The zero-order valence-electron chi connectivity index (χ0n) is 25.2. The summed E-state index contributed by atoms with van der Waals surface area (Å²) in [7, 11) is 3.68. The van der Waals surface area contributed by atoms with Crippen molar-refractivity contribution in [3.8, 4) is 28.4 Å². The molecule has 0 N–H and O–H groups in total. The van der Waals surface area contributed by atoms with Crippen LogP contribution in [0, 0.1) is 0 Å². The van der Waals surface area contributed by atoms with Crippen LogP contribution in [0.3, 0.4) is 0 Å². The third-order valence-electron chi connectivity index (χ3n) is 8.55. The molecule has 0 spiro atoms. The van der Waals surface area contributed by atoms with Gasteiger partial charge in [0.05, 0.1) is 19.0 Å². The summed E-state index contributed by atoms with van der Waals surface area (Å²) in [6.07, 6.45) is 10.6. The Morgan fingerprint density at radius 3 is 2.43 bits per heavy atom. The monoisotopic (exact) mass is 575 g/mol. The lowest BCUT2D eigenvalue weighted by atomic mass is 9.96. The first-order chi connectivity index (χ1) is 20.2. The molecule has 11 heteroatoms. The van der Waals surface area contributed by atoms with Crippen LogP contribution >= 0.6 is 0 Å². The van der Waals surface area contributed by atoms with E-state index in [0.717, 1.165) is 68.5 Å². The number of pyridine rings is 1. The van der Waals surface area contributed by atoms with Crippen LogP contribution in [0.15, 0.2) is 36.7 Å². The van der Waals surface area contributed by atoms with E-state index in [0.29, 0.717) is 17.3 Å². The van der Waals surface area contributed by atoms with Gasteiger partial charge in [-0.3, -0.25) is 0 Å². The van der Waals surface area contributed by atoms with Gasteiger partial charge < -0.3 is 24.0 Å². The number of fused-ring (bicyclic) bond motifs is 2. The lowest BCUT2D eigenvalue weighted by Gasteiger charge is -2.42. The number of carbonyl (C=O) groups is 1. The SMILES string of the molecule is COc1nc(-c2ccc(N(C)[C@@H]3C[C@H]4CC[C@@H](C3)N4C(=O)OC(C)(C)C)nn2)ccc1-c1cnn(C2CCCCO2)c1. The molecule has 3 saturated heterocycles. The van der Waals surface area contributed by atoms with Crippen molar-refractivity contribution in [2.24, 2.45) is 0 Å². The van der Waals surface area contributed by atoms with Gasteiger partial charge >= 0.3 is 6.09 Å². The Balaban J connectivity index is 1.13. The number of aromatic nitrogens is 5. The topological polar surface area (TPSA) is 108 Å². The first-order valence-corrected chi connectivity index (χ1v) is 15.0. The summed E-state index contributed by atoms with van der Waals surface area (Å²) in [5, 5.41) is 13.6. The Morgan fingerprint density at radius 2 is 1.79 bits per heavy atom. The van der Waals surface area contributed by atoms with Gasteiger partial charge in [0.2, 0.25) is 5.88 Å². The summed E-state index contributed by atoms with van der Waals surface area (Å²) in [6.45, 7) is 6.51. The minimum atomic E-state index is -0.492. The van der Waals surface area contributed by atoms with E-state index in [9.17, 15) is 4.79 Å². The molecule has 0 aromatic carbocycles. The van der Waals surface area contributed by atoms with Crippen LogP contribution in [0.5, 0.6) is 5.88 Å². The summed E-state index contributed by atoms with van der Waals surface area (Å²) in [5.74, 6) is 1.31. The number of hydrogen-bond donors (Lipinski definition) is 0. The molecule has 3 aliphatic rings. The number of carbonyl (C=O) groups excluding carboxylic acids is 1. The van der Waals surface area contributed by atoms with Gasteiger partial charge in [0.15, 0.2) is 5.82 Å². The first kappa shape index (κ1) is 28.4. The molecule has 0 saturated carbocycles. The van der Waals surface area contributed by atoms with E-state index in [1.165, 1.54) is 0 Å². The number of hydrogen-bond acceptors (Lipinski definition) is 9. The van der Waals surface area contributed by atoms with Gasteiger partial charge in [0.25, 0.3) is 0 Å². The first-order valence-electron chi connectivity index (χ1n) is 15.0. The molecule has 0 aliphatic carbocycles. The number of rotatable bonds is 6. The molecule has 6 heterocycles. The predicted molar refractivity (Wildman–Crippen MR) is 158 cm³/mol. The Kier molecular flexibility index (Phi) is 7.78. The van der Waals surface area contributed by atoms with Crippen LogP contribution in [0.1, 0.15) is 71.9 Å². The summed E-state index contributed by atoms with van der Waals surface area (Å²) in [5.41, 5.74) is 2.65. The highest BCUT2D eigenvalue weighted by molar-refractivity contribution is 5.71. The van der Waals surface area contributed by atoms with Crippen molar-refractivity contribution in [2.45, 2.75) is 95.7 Å². The number of amides is 1. The largest absolute Gasteiger partial charge is 0.481 e. The van der Waals surface area contributed by atoms with Crippen molar-refractivity contribution in [1.29, 1.82) is 0 Å². The van der Waals surface area contributed by atoms with Gasteiger partial charge in [-0.25, -0.2) is 14.5 Å². The maximum absolute atomic E-state index is 12.9. The number of methoxy groups -OCH3 is 1. The zero-order chi connectivity index (χ0) is 29.4. The van der Waals surface area contributed by atoms with Gasteiger partial charge in [0.1, 0.15) is 17.5 Å². The quantitative estimate of drug-likeness (QED) is 0.378. The molecule has 11 nitrogen and oxygen atoms in total. The summed E-state index contributed by atoms with van der Waals surface area (Å²) < 4.78 is 19.1. The summed E-state index contributed by atoms with van der Waals surface area (Å²) >= 11 is 0. The Labute approximate surface area is 247 Å². The Bertz CT molecular complexity index is 1380. The lowest BCUT2D eigenvalue weighted by Crippen LogP contribution is -2.53. The highest BCUT2D eigenvalue weighted by atomic mass is 16.6. The second kappa shape index (κ2) is 11.5. The highest BCUT2D eigenvalue weighted by Crippen LogP contribution is 2.39. The molecule has 2 bridgehead atoms. The smallest absolute Gasteiger partial charge is 0.410 e. The van der Waals surface area contributed by atoms with Gasteiger partial charge in [-0.2, -0.15) is 5.10 Å². The standard InChI is InChI=1S/C31H41N7O4/c1-31(2,3)42-30(39)38-21-9-10-22(38)17-23(16-21)36(4)27-14-13-26(34-35-27)25-12-11-24(29(33-25)40-5)20-18-32-37(19-20)28-8-6-7-15-41-28/h11-14,18-19,21-23,28H,6-10,15-17H2,1-5H3/t21-,22+,23-,28?. The van der Waals surface area contributed by atoms with Crippen molar-refractivity contribution in [3.05, 3.63) is 36.7 Å². The van der Waals surface area contributed by atoms with E-state index < -0.39 is 5.60 Å². The second-order valence-electron chi connectivity index (χ2n) is 12.6. The summed E-state index contributed by atoms with van der Waals surface area (Å²) in [6, 6.07) is 8.51. The number of ether oxygens (including phenoxy) is 3. The average molecular weight is 576 g/mol. The van der Waals surface area contributed by atoms with Gasteiger partial charge in [-0.1, -0.05) is 0 Å². The molecule has 1 amide bonds. The van der Waals surface area contributed by atoms with Crippen LogP contribution in [-0.2, 0) is 9.47 Å². The van der Waals surface area contributed by atoms with E-state index in [1.807, 2.05) is 67.0 Å². The molecule has 3 aromatic heterocycles. The van der Waals surface area contributed by atoms with E-state index in [1.54, 1.807) is 7.11 Å². The number of nitrogens with zero attached hydrogens (tertiary/aromatic N) is 7. The van der Waals surface area contributed by atoms with Crippen LogP contribution in [-0.4, -0.2) is 80.4 Å². The van der Waals surface area contributed by atoms with E-state index in [4.69, 9.17) is 19.2 Å². The second-order valence-corrected chi connectivity index (χ2v) is 12.6. The minimum Gasteiger partial charge on any atom is -0.481 e. The summed E-state index contributed by atoms with van der Waals surface area (Å²) in [4.78, 5) is 21.8. The molecule has 42 heavy (non-hydrogen) atoms. The molecule has 3 aromatic rings. The van der Waals surface area contributed by atoms with Crippen molar-refractivity contribution in [3.63, 3.8) is 0 Å². The molecular formula is C31H41N7O4. The molecule has 3 aliphatic heterocycles. The van der Waals surface area contributed by atoms with E-state index in [2.05, 4.69) is 27.2 Å². The number of anilines is 1. The fourth-order valence-corrected chi connectivity index (χ4v) is 6.44. The number of piperidine rings is 1. The maximum Gasteiger partial charge on any atom is 0.410 e. The van der Waals surface area contributed by atoms with Crippen molar-refractivity contribution < 1.29 is 19.0 Å².